The van der Waals surface area contributed by atoms with Crippen molar-refractivity contribution in [3.8, 4) is 0 Å². The summed E-state index contributed by atoms with van der Waals surface area (Å²) in [6, 6.07) is 25.4. The van der Waals surface area contributed by atoms with Gasteiger partial charge < -0.3 is 5.32 Å². The van der Waals surface area contributed by atoms with Gasteiger partial charge in [0.05, 0.1) is 0 Å². The molecule has 0 amide bonds. The molecular formula is C22H21N. The molecular weight excluding hydrogens is 278 g/mol. The van der Waals surface area contributed by atoms with E-state index in [0.29, 0.717) is 0 Å². The second kappa shape index (κ2) is 6.97. The van der Waals surface area contributed by atoms with Crippen molar-refractivity contribution in [2.24, 2.45) is 0 Å². The lowest BCUT2D eigenvalue weighted by Crippen LogP contribution is -1.89. The second-order valence-electron chi connectivity index (χ2n) is 5.86. The Morgan fingerprint density at radius 1 is 0.522 bits per heavy atom. The highest BCUT2D eigenvalue weighted by atomic mass is 14.9. The number of rotatable bonds is 4. The fourth-order valence-electron chi connectivity index (χ4n) is 2.35. The Labute approximate surface area is 138 Å². The van der Waals surface area contributed by atoms with Crippen LogP contribution in [-0.2, 0) is 0 Å². The summed E-state index contributed by atoms with van der Waals surface area (Å²) >= 11 is 0. The third-order valence-electron chi connectivity index (χ3n) is 3.80. The largest absolute Gasteiger partial charge is 0.356 e. The van der Waals surface area contributed by atoms with E-state index in [1.54, 1.807) is 0 Å². The van der Waals surface area contributed by atoms with Gasteiger partial charge in [-0.1, -0.05) is 71.8 Å². The first-order chi connectivity index (χ1) is 11.2. The Kier molecular flexibility index (Phi) is 4.58. The molecule has 0 aliphatic rings. The van der Waals surface area contributed by atoms with Crippen LogP contribution in [0, 0.1) is 13.8 Å². The van der Waals surface area contributed by atoms with Gasteiger partial charge in [0.15, 0.2) is 0 Å². The molecule has 0 saturated heterocycles. The molecule has 3 rings (SSSR count). The molecule has 0 atom stereocenters. The van der Waals surface area contributed by atoms with Gasteiger partial charge in [0.1, 0.15) is 0 Å². The lowest BCUT2D eigenvalue weighted by atomic mass is 10.1. The lowest BCUT2D eigenvalue weighted by molar-refractivity contribution is 1.45. The van der Waals surface area contributed by atoms with Crippen LogP contribution in [0.1, 0.15) is 22.3 Å². The molecule has 0 heterocycles. The van der Waals surface area contributed by atoms with Crippen molar-refractivity contribution in [2.45, 2.75) is 13.8 Å². The number of aryl methyl sites for hydroxylation is 2. The smallest absolute Gasteiger partial charge is 0.0384 e. The minimum atomic E-state index is 1.10. The maximum atomic E-state index is 3.41. The summed E-state index contributed by atoms with van der Waals surface area (Å²) in [6.07, 6.45) is 4.28. The summed E-state index contributed by atoms with van der Waals surface area (Å²) in [5.74, 6) is 0. The highest BCUT2D eigenvalue weighted by Crippen LogP contribution is 2.18. The maximum absolute atomic E-state index is 3.41. The third kappa shape index (κ3) is 4.33. The lowest BCUT2D eigenvalue weighted by Gasteiger charge is -2.07. The van der Waals surface area contributed by atoms with Gasteiger partial charge in [-0.05, 0) is 49.2 Å². The van der Waals surface area contributed by atoms with Gasteiger partial charge in [0.25, 0.3) is 0 Å². The molecule has 1 N–H and O–H groups in total. The molecule has 3 aromatic rings. The SMILES string of the molecule is Cc1ccc(/C=C/c2ccc(Nc3ccc(C)cc3)cc2)cc1. The fourth-order valence-corrected chi connectivity index (χ4v) is 2.35. The zero-order valence-electron chi connectivity index (χ0n) is 13.6. The van der Waals surface area contributed by atoms with Crippen LogP contribution >= 0.6 is 0 Å². The molecule has 1 nitrogen and oxygen atoms in total. The van der Waals surface area contributed by atoms with Gasteiger partial charge >= 0.3 is 0 Å². The molecule has 0 spiro atoms. The van der Waals surface area contributed by atoms with Crippen molar-refractivity contribution >= 4 is 23.5 Å². The average molecular weight is 299 g/mol. The van der Waals surface area contributed by atoms with Crippen molar-refractivity contribution in [3.63, 3.8) is 0 Å². The molecule has 0 aliphatic carbocycles. The number of hydrogen-bond donors (Lipinski definition) is 1. The minimum absolute atomic E-state index is 1.10. The van der Waals surface area contributed by atoms with Crippen LogP contribution in [0.5, 0.6) is 0 Å². The summed E-state index contributed by atoms with van der Waals surface area (Å²) < 4.78 is 0. The number of hydrogen-bond acceptors (Lipinski definition) is 1. The quantitative estimate of drug-likeness (QED) is 0.564. The molecule has 1 heteroatoms. The highest BCUT2D eigenvalue weighted by Gasteiger charge is 1.95. The minimum Gasteiger partial charge on any atom is -0.356 e. The third-order valence-corrected chi connectivity index (χ3v) is 3.80. The Morgan fingerprint density at radius 2 is 0.870 bits per heavy atom. The van der Waals surface area contributed by atoms with E-state index in [1.807, 2.05) is 0 Å². The summed E-state index contributed by atoms with van der Waals surface area (Å²) in [7, 11) is 0. The molecule has 0 aromatic heterocycles. The van der Waals surface area contributed by atoms with Crippen LogP contribution in [-0.4, -0.2) is 0 Å². The van der Waals surface area contributed by atoms with Crippen LogP contribution in [0.15, 0.2) is 72.8 Å². The Hall–Kier alpha value is -2.80. The molecule has 0 aliphatic heterocycles. The average Bonchev–Trinajstić information content (AvgIpc) is 2.58. The van der Waals surface area contributed by atoms with E-state index in [4.69, 9.17) is 0 Å². The van der Waals surface area contributed by atoms with Crippen molar-refractivity contribution in [1.82, 2.24) is 0 Å². The van der Waals surface area contributed by atoms with Crippen molar-refractivity contribution < 1.29 is 0 Å². The monoisotopic (exact) mass is 299 g/mol. The molecule has 0 fully saturated rings. The van der Waals surface area contributed by atoms with E-state index in [0.717, 1.165) is 11.4 Å². The number of nitrogens with one attached hydrogen (secondary N) is 1. The summed E-state index contributed by atoms with van der Waals surface area (Å²) in [4.78, 5) is 0. The number of anilines is 2. The van der Waals surface area contributed by atoms with Crippen molar-refractivity contribution in [2.75, 3.05) is 5.32 Å². The van der Waals surface area contributed by atoms with E-state index in [9.17, 15) is 0 Å². The molecule has 0 radical (unpaired) electrons. The van der Waals surface area contributed by atoms with E-state index < -0.39 is 0 Å². The molecule has 0 bridgehead atoms. The Morgan fingerprint density at radius 3 is 1.35 bits per heavy atom. The summed E-state index contributed by atoms with van der Waals surface area (Å²) in [6.45, 7) is 4.20. The van der Waals surface area contributed by atoms with E-state index >= 15 is 0 Å². The molecule has 114 valence electrons. The second-order valence-corrected chi connectivity index (χ2v) is 5.86. The maximum Gasteiger partial charge on any atom is 0.0384 e. The normalized spacial score (nSPS) is 10.9. The topological polar surface area (TPSA) is 12.0 Å². The Bertz CT molecular complexity index is 779. The Balaban J connectivity index is 1.67. The van der Waals surface area contributed by atoms with Gasteiger partial charge in [-0.3, -0.25) is 0 Å². The fraction of sp³-hybridized carbons (Fsp3) is 0.0909. The van der Waals surface area contributed by atoms with Gasteiger partial charge in [0, 0.05) is 11.4 Å². The molecule has 0 unspecified atom stereocenters. The number of benzene rings is 3. The first-order valence-corrected chi connectivity index (χ1v) is 7.87. The van der Waals surface area contributed by atoms with Crippen LogP contribution < -0.4 is 5.32 Å². The van der Waals surface area contributed by atoms with Crippen LogP contribution in [0.4, 0.5) is 11.4 Å². The summed E-state index contributed by atoms with van der Waals surface area (Å²) in [5.41, 5.74) is 7.18. The van der Waals surface area contributed by atoms with E-state index in [1.165, 1.54) is 22.3 Å². The van der Waals surface area contributed by atoms with Gasteiger partial charge in [-0.25, -0.2) is 0 Å². The van der Waals surface area contributed by atoms with Crippen molar-refractivity contribution in [3.05, 3.63) is 95.1 Å². The van der Waals surface area contributed by atoms with Crippen molar-refractivity contribution in [1.29, 1.82) is 0 Å². The van der Waals surface area contributed by atoms with Gasteiger partial charge in [-0.15, -0.1) is 0 Å². The highest BCUT2D eigenvalue weighted by molar-refractivity contribution is 5.71. The zero-order chi connectivity index (χ0) is 16.1. The van der Waals surface area contributed by atoms with Crippen LogP contribution in [0.25, 0.3) is 12.2 Å². The predicted molar refractivity (Wildman–Crippen MR) is 101 cm³/mol. The standard InChI is InChI=1S/C22H21N/c1-17-3-7-19(8-4-17)9-10-20-11-15-22(16-12-20)23-21-13-5-18(2)6-14-21/h3-16,23H,1-2H3/b10-9+. The first-order valence-electron chi connectivity index (χ1n) is 7.87. The molecule has 3 aromatic carbocycles. The van der Waals surface area contributed by atoms with E-state index in [2.05, 4.69) is 104 Å². The van der Waals surface area contributed by atoms with E-state index in [-0.39, 0.29) is 0 Å². The van der Waals surface area contributed by atoms with Gasteiger partial charge in [-0.2, -0.15) is 0 Å². The van der Waals surface area contributed by atoms with Crippen LogP contribution in [0.2, 0.25) is 0 Å². The van der Waals surface area contributed by atoms with Crippen LogP contribution in [0.3, 0.4) is 0 Å². The first kappa shape index (κ1) is 15.1. The summed E-state index contributed by atoms with van der Waals surface area (Å²) in [5, 5.41) is 3.41. The predicted octanol–water partition coefficient (Wildman–Crippen LogP) is 6.22. The zero-order valence-corrected chi connectivity index (χ0v) is 13.6. The molecule has 23 heavy (non-hydrogen) atoms. The molecule has 0 saturated carbocycles. The van der Waals surface area contributed by atoms with Gasteiger partial charge in [0.2, 0.25) is 0 Å².